The van der Waals surface area contributed by atoms with Gasteiger partial charge in [-0.15, -0.1) is 0 Å². The number of pyridine rings is 1. The lowest BCUT2D eigenvalue weighted by Crippen LogP contribution is -2.28. The maximum atomic E-state index is 11.7. The van der Waals surface area contributed by atoms with Crippen LogP contribution < -0.4 is 11.1 Å². The van der Waals surface area contributed by atoms with Crippen molar-refractivity contribution in [2.75, 3.05) is 25.5 Å². The van der Waals surface area contributed by atoms with Crippen LogP contribution in [0.25, 0.3) is 0 Å². The highest BCUT2D eigenvalue weighted by atomic mass is 16.5. The monoisotopic (exact) mass is 235 g/mol. The van der Waals surface area contributed by atoms with E-state index in [9.17, 15) is 4.79 Å². The lowest BCUT2D eigenvalue weighted by Gasteiger charge is -2.07. The second-order valence-corrected chi connectivity index (χ2v) is 4.24. The molecule has 0 atom stereocenters. The fraction of sp³-hybridized carbons (Fsp3) is 0.500. The van der Waals surface area contributed by atoms with E-state index in [4.69, 9.17) is 10.5 Å². The molecule has 1 aliphatic carbocycles. The van der Waals surface area contributed by atoms with Crippen molar-refractivity contribution in [1.29, 1.82) is 0 Å². The standard InChI is InChI=1S/C12H17N3O2/c13-11-7-14-4-3-10(11)12(16)15-5-6-17-8-9-1-2-9/h3-4,7,9H,1-2,5-6,8,13H2,(H,15,16). The number of amides is 1. The molecule has 0 spiro atoms. The molecule has 92 valence electrons. The molecule has 0 saturated heterocycles. The van der Waals surface area contributed by atoms with Gasteiger partial charge >= 0.3 is 0 Å². The van der Waals surface area contributed by atoms with Crippen molar-refractivity contribution in [1.82, 2.24) is 10.3 Å². The summed E-state index contributed by atoms with van der Waals surface area (Å²) in [7, 11) is 0. The van der Waals surface area contributed by atoms with Crippen molar-refractivity contribution in [2.45, 2.75) is 12.8 Å². The molecule has 1 fully saturated rings. The summed E-state index contributed by atoms with van der Waals surface area (Å²) in [6.45, 7) is 1.87. The summed E-state index contributed by atoms with van der Waals surface area (Å²) in [4.78, 5) is 15.5. The van der Waals surface area contributed by atoms with E-state index < -0.39 is 0 Å². The van der Waals surface area contributed by atoms with E-state index in [2.05, 4.69) is 10.3 Å². The number of rotatable bonds is 6. The first-order valence-corrected chi connectivity index (χ1v) is 5.83. The Kier molecular flexibility index (Phi) is 3.93. The first-order chi connectivity index (χ1) is 8.27. The molecule has 1 aromatic heterocycles. The number of ether oxygens (including phenoxy) is 1. The average molecular weight is 235 g/mol. The van der Waals surface area contributed by atoms with Gasteiger partial charge in [0.15, 0.2) is 0 Å². The van der Waals surface area contributed by atoms with Gasteiger partial charge in [-0.05, 0) is 24.8 Å². The van der Waals surface area contributed by atoms with Gasteiger partial charge in [0.2, 0.25) is 0 Å². The predicted octanol–water partition coefficient (Wildman–Crippen LogP) is 0.820. The molecule has 17 heavy (non-hydrogen) atoms. The third kappa shape index (κ3) is 3.71. The fourth-order valence-electron chi connectivity index (χ4n) is 1.48. The molecular weight excluding hydrogens is 218 g/mol. The molecule has 2 rings (SSSR count). The number of anilines is 1. The van der Waals surface area contributed by atoms with E-state index in [1.54, 1.807) is 12.3 Å². The van der Waals surface area contributed by atoms with Crippen LogP contribution in [0.15, 0.2) is 18.5 Å². The van der Waals surface area contributed by atoms with Crippen LogP contribution in [0.2, 0.25) is 0 Å². The zero-order chi connectivity index (χ0) is 12.1. The normalized spacial score (nSPS) is 14.6. The van der Waals surface area contributed by atoms with Gasteiger partial charge in [-0.1, -0.05) is 0 Å². The lowest BCUT2D eigenvalue weighted by atomic mass is 10.2. The number of carbonyl (C=O) groups is 1. The molecule has 1 aliphatic rings. The minimum atomic E-state index is -0.181. The highest BCUT2D eigenvalue weighted by Crippen LogP contribution is 2.28. The Hall–Kier alpha value is -1.62. The first kappa shape index (κ1) is 11.9. The average Bonchev–Trinajstić information content (AvgIpc) is 3.13. The number of nitrogen functional groups attached to an aromatic ring is 1. The molecule has 0 radical (unpaired) electrons. The van der Waals surface area contributed by atoms with E-state index in [1.165, 1.54) is 19.0 Å². The van der Waals surface area contributed by atoms with Crippen molar-refractivity contribution in [3.63, 3.8) is 0 Å². The highest BCUT2D eigenvalue weighted by molar-refractivity contribution is 5.98. The van der Waals surface area contributed by atoms with E-state index in [1.807, 2.05) is 0 Å². The number of aromatic nitrogens is 1. The summed E-state index contributed by atoms with van der Waals surface area (Å²) >= 11 is 0. The van der Waals surface area contributed by atoms with Gasteiger partial charge in [0.1, 0.15) is 0 Å². The largest absolute Gasteiger partial charge is 0.397 e. The Morgan fingerprint density at radius 3 is 3.12 bits per heavy atom. The molecule has 0 aromatic carbocycles. The van der Waals surface area contributed by atoms with Crippen LogP contribution in [0, 0.1) is 5.92 Å². The summed E-state index contributed by atoms with van der Waals surface area (Å²) in [5.41, 5.74) is 6.50. The third-order valence-corrected chi connectivity index (χ3v) is 2.68. The predicted molar refractivity (Wildman–Crippen MR) is 64.5 cm³/mol. The molecule has 1 heterocycles. The molecule has 3 N–H and O–H groups in total. The summed E-state index contributed by atoms with van der Waals surface area (Å²) in [6, 6.07) is 1.61. The van der Waals surface area contributed by atoms with Crippen molar-refractivity contribution in [2.24, 2.45) is 5.92 Å². The molecule has 0 aliphatic heterocycles. The number of nitrogens with zero attached hydrogens (tertiary/aromatic N) is 1. The molecule has 1 saturated carbocycles. The maximum Gasteiger partial charge on any atom is 0.253 e. The van der Waals surface area contributed by atoms with E-state index >= 15 is 0 Å². The minimum Gasteiger partial charge on any atom is -0.397 e. The second-order valence-electron chi connectivity index (χ2n) is 4.24. The Morgan fingerprint density at radius 1 is 1.59 bits per heavy atom. The van der Waals surface area contributed by atoms with Gasteiger partial charge in [-0.3, -0.25) is 9.78 Å². The van der Waals surface area contributed by atoms with Gasteiger partial charge in [-0.25, -0.2) is 0 Å². The zero-order valence-electron chi connectivity index (χ0n) is 9.69. The van der Waals surface area contributed by atoms with Crippen LogP contribution in [0.5, 0.6) is 0 Å². The number of carbonyl (C=O) groups excluding carboxylic acids is 1. The van der Waals surface area contributed by atoms with Gasteiger partial charge in [0.05, 0.1) is 24.1 Å². The van der Waals surface area contributed by atoms with Crippen molar-refractivity contribution < 1.29 is 9.53 Å². The van der Waals surface area contributed by atoms with Crippen molar-refractivity contribution in [3.05, 3.63) is 24.0 Å². The van der Waals surface area contributed by atoms with Gasteiger partial charge < -0.3 is 15.8 Å². The Labute approximate surface area is 100 Å². The molecule has 1 amide bonds. The van der Waals surface area contributed by atoms with Crippen molar-refractivity contribution >= 4 is 11.6 Å². The van der Waals surface area contributed by atoms with Gasteiger partial charge in [0, 0.05) is 19.3 Å². The zero-order valence-corrected chi connectivity index (χ0v) is 9.69. The molecule has 0 unspecified atom stereocenters. The lowest BCUT2D eigenvalue weighted by molar-refractivity contribution is 0.0907. The van der Waals surface area contributed by atoms with Crippen LogP contribution in [-0.2, 0) is 4.74 Å². The van der Waals surface area contributed by atoms with Crippen LogP contribution in [0.1, 0.15) is 23.2 Å². The molecule has 0 bridgehead atoms. The quantitative estimate of drug-likeness (QED) is 0.716. The third-order valence-electron chi connectivity index (χ3n) is 2.68. The van der Waals surface area contributed by atoms with E-state index in [0.29, 0.717) is 24.4 Å². The smallest absolute Gasteiger partial charge is 0.253 e. The molecule has 5 heteroatoms. The second kappa shape index (κ2) is 5.63. The van der Waals surface area contributed by atoms with E-state index in [0.717, 1.165) is 12.5 Å². The Bertz CT molecular complexity index is 391. The van der Waals surface area contributed by atoms with Crippen LogP contribution >= 0.6 is 0 Å². The molecular formula is C12H17N3O2. The van der Waals surface area contributed by atoms with Crippen LogP contribution in [0.4, 0.5) is 5.69 Å². The van der Waals surface area contributed by atoms with Gasteiger partial charge in [-0.2, -0.15) is 0 Å². The van der Waals surface area contributed by atoms with Crippen molar-refractivity contribution in [3.8, 4) is 0 Å². The highest BCUT2D eigenvalue weighted by Gasteiger charge is 2.20. The minimum absolute atomic E-state index is 0.181. The van der Waals surface area contributed by atoms with Crippen LogP contribution in [0.3, 0.4) is 0 Å². The number of nitrogens with two attached hydrogens (primary N) is 1. The van der Waals surface area contributed by atoms with E-state index in [-0.39, 0.29) is 5.91 Å². The summed E-state index contributed by atoms with van der Waals surface area (Å²) < 4.78 is 5.42. The number of hydrogen-bond acceptors (Lipinski definition) is 4. The Morgan fingerprint density at radius 2 is 2.41 bits per heavy atom. The fourth-order valence-corrected chi connectivity index (χ4v) is 1.48. The molecule has 5 nitrogen and oxygen atoms in total. The Balaban J connectivity index is 1.67. The molecule has 1 aromatic rings. The van der Waals surface area contributed by atoms with Crippen LogP contribution in [-0.4, -0.2) is 30.6 Å². The number of nitrogens with one attached hydrogen (secondary N) is 1. The number of hydrogen-bond donors (Lipinski definition) is 2. The first-order valence-electron chi connectivity index (χ1n) is 5.83. The maximum absolute atomic E-state index is 11.7. The SMILES string of the molecule is Nc1cnccc1C(=O)NCCOCC1CC1. The summed E-state index contributed by atoms with van der Waals surface area (Å²) in [6.07, 6.45) is 5.58. The topological polar surface area (TPSA) is 77.2 Å². The van der Waals surface area contributed by atoms with Gasteiger partial charge in [0.25, 0.3) is 5.91 Å². The summed E-state index contributed by atoms with van der Waals surface area (Å²) in [5.74, 6) is 0.571. The summed E-state index contributed by atoms with van der Waals surface area (Å²) in [5, 5.41) is 2.76.